The third-order valence-electron chi connectivity index (χ3n) is 13.4. The maximum atomic E-state index is 4.26. The van der Waals surface area contributed by atoms with Gasteiger partial charge in [-0.1, -0.05) is 77.0 Å². The number of hydrogen-bond donors (Lipinski definition) is 2. The van der Waals surface area contributed by atoms with Crippen LogP contribution in [0.5, 0.6) is 0 Å². The van der Waals surface area contributed by atoms with Crippen molar-refractivity contribution in [2.75, 3.05) is 0 Å². The topological polar surface area (TPSA) is 31.6 Å². The smallest absolute Gasteiger partial charge is 0.0447 e. The van der Waals surface area contributed by atoms with E-state index in [2.05, 4.69) is 81.2 Å². The summed E-state index contributed by atoms with van der Waals surface area (Å²) in [6, 6.07) is 20.5. The molecule has 4 aromatic heterocycles. The Kier molecular flexibility index (Phi) is 6.90. The van der Waals surface area contributed by atoms with Gasteiger partial charge in [0.2, 0.25) is 0 Å². The lowest BCUT2D eigenvalue weighted by atomic mass is 9.69. The van der Waals surface area contributed by atoms with Gasteiger partial charge in [0.25, 0.3) is 0 Å². The molecular formula is C40H50N2S2. The van der Waals surface area contributed by atoms with Crippen LogP contribution in [0.1, 0.15) is 171 Å². The third-order valence-corrected chi connectivity index (χ3v) is 16.3. The van der Waals surface area contributed by atoms with Gasteiger partial charge in [-0.25, -0.2) is 0 Å². The van der Waals surface area contributed by atoms with Crippen LogP contribution in [0.4, 0.5) is 0 Å². The Balaban J connectivity index is 1.29. The van der Waals surface area contributed by atoms with Gasteiger partial charge in [-0.3, -0.25) is 0 Å². The van der Waals surface area contributed by atoms with Crippen LogP contribution in [0.25, 0.3) is 0 Å². The first-order chi connectivity index (χ1) is 21.7. The second-order valence-corrected chi connectivity index (χ2v) is 17.6. The minimum Gasteiger partial charge on any atom is -0.361 e. The van der Waals surface area contributed by atoms with Crippen molar-refractivity contribution in [3.8, 4) is 0 Å². The van der Waals surface area contributed by atoms with E-state index in [4.69, 9.17) is 0 Å². The highest BCUT2D eigenvalue weighted by atomic mass is 32.1. The molecule has 232 valence electrons. The number of hydrogen-bond acceptors (Lipinski definition) is 2. The minimum atomic E-state index is 0.135. The Morgan fingerprint density at radius 3 is 0.773 bits per heavy atom. The van der Waals surface area contributed by atoms with Crippen LogP contribution >= 0.6 is 22.7 Å². The molecule has 0 radical (unpaired) electrons. The van der Waals surface area contributed by atoms with E-state index in [1.165, 1.54) is 151 Å². The van der Waals surface area contributed by atoms with Crippen LogP contribution in [0.2, 0.25) is 0 Å². The zero-order valence-electron chi connectivity index (χ0n) is 26.6. The summed E-state index contributed by atoms with van der Waals surface area (Å²) in [7, 11) is 0. The first kappa shape index (κ1) is 28.2. The van der Waals surface area contributed by atoms with Crippen molar-refractivity contribution < 1.29 is 0 Å². The van der Waals surface area contributed by atoms with Crippen LogP contribution < -0.4 is 0 Å². The molecule has 4 aromatic rings. The number of thiophene rings is 2. The molecule has 4 fully saturated rings. The summed E-state index contributed by atoms with van der Waals surface area (Å²) in [5, 5.41) is 0. The molecule has 0 unspecified atom stereocenters. The summed E-state index contributed by atoms with van der Waals surface area (Å²) in [4.78, 5) is 15.0. The predicted octanol–water partition coefficient (Wildman–Crippen LogP) is 11.8. The first-order valence-corrected chi connectivity index (χ1v) is 19.9. The van der Waals surface area contributed by atoms with Crippen molar-refractivity contribution in [3.05, 3.63) is 90.8 Å². The summed E-state index contributed by atoms with van der Waals surface area (Å²) in [6.45, 7) is 0. The second kappa shape index (κ2) is 10.8. The number of nitrogens with one attached hydrogen (secondary N) is 2. The molecule has 44 heavy (non-hydrogen) atoms. The number of rotatable bonds is 0. The average molecular weight is 623 g/mol. The Morgan fingerprint density at radius 2 is 0.545 bits per heavy atom. The maximum absolute atomic E-state index is 4.26. The fourth-order valence-corrected chi connectivity index (χ4v) is 13.9. The standard InChI is InChI=1S/C40H50N2S2/c1-5-21-37(22-6-1)29-13-14-30(41-29)38(23-7-2-8-24-38)35-19-20-36(44-35)40(27-11-4-12-28-40)32-16-15-31(42-32)39(25-9-3-10-26-39)34-18-17-33(37)43-34/h13-20,41-42H,1-12,21-28H2. The molecule has 0 saturated heterocycles. The highest BCUT2D eigenvalue weighted by molar-refractivity contribution is 7.12. The molecular weight excluding hydrogens is 573 g/mol. The number of H-pyrrole nitrogens is 2. The molecule has 4 heteroatoms. The fraction of sp³-hybridized carbons (Fsp3) is 0.600. The Hall–Kier alpha value is -2.04. The summed E-state index contributed by atoms with van der Waals surface area (Å²) in [5.74, 6) is 0. The van der Waals surface area contributed by atoms with Crippen molar-refractivity contribution in [1.82, 2.24) is 9.97 Å². The first-order valence-electron chi connectivity index (χ1n) is 18.3. The molecule has 5 aliphatic rings. The number of aromatic amines is 2. The van der Waals surface area contributed by atoms with Crippen molar-refractivity contribution in [1.29, 1.82) is 0 Å². The van der Waals surface area contributed by atoms with Crippen LogP contribution in [0.15, 0.2) is 48.5 Å². The lowest BCUT2D eigenvalue weighted by Crippen LogP contribution is -2.33. The molecule has 4 spiro atoms. The van der Waals surface area contributed by atoms with Gasteiger partial charge in [0, 0.05) is 63.9 Å². The van der Waals surface area contributed by atoms with Crippen molar-refractivity contribution >= 4 is 22.7 Å². The lowest BCUT2D eigenvalue weighted by Gasteiger charge is -2.40. The van der Waals surface area contributed by atoms with Gasteiger partial charge in [-0.15, -0.1) is 22.7 Å². The fourth-order valence-electron chi connectivity index (χ4n) is 10.8. The molecule has 2 N–H and O–H groups in total. The zero-order valence-corrected chi connectivity index (χ0v) is 28.2. The highest BCUT2D eigenvalue weighted by Gasteiger charge is 2.47. The quantitative estimate of drug-likeness (QED) is 0.195. The number of fused-ring (bicyclic) bond motifs is 16. The van der Waals surface area contributed by atoms with Crippen molar-refractivity contribution in [2.24, 2.45) is 0 Å². The maximum Gasteiger partial charge on any atom is 0.0447 e. The van der Waals surface area contributed by atoms with Crippen LogP contribution in [-0.2, 0) is 21.7 Å². The van der Waals surface area contributed by atoms with E-state index in [0.29, 0.717) is 0 Å². The van der Waals surface area contributed by atoms with Gasteiger partial charge in [0.05, 0.1) is 0 Å². The van der Waals surface area contributed by atoms with Gasteiger partial charge in [0.1, 0.15) is 0 Å². The summed E-state index contributed by atoms with van der Waals surface area (Å²) >= 11 is 4.37. The summed E-state index contributed by atoms with van der Waals surface area (Å²) in [6.07, 6.45) is 26.5. The molecule has 2 nitrogen and oxygen atoms in total. The Bertz CT molecular complexity index is 1280. The van der Waals surface area contributed by atoms with Gasteiger partial charge >= 0.3 is 0 Å². The van der Waals surface area contributed by atoms with E-state index < -0.39 is 0 Å². The van der Waals surface area contributed by atoms with Gasteiger partial charge in [0.15, 0.2) is 0 Å². The Morgan fingerprint density at radius 1 is 0.318 bits per heavy atom. The summed E-state index contributed by atoms with van der Waals surface area (Å²) < 4.78 is 0. The molecule has 0 aromatic carbocycles. The normalized spacial score (nSPS) is 25.1. The molecule has 0 atom stereocenters. The predicted molar refractivity (Wildman–Crippen MR) is 186 cm³/mol. The Labute approximate surface area is 272 Å². The molecule has 4 aliphatic carbocycles. The number of aromatic nitrogens is 2. The van der Waals surface area contributed by atoms with Crippen LogP contribution in [0, 0.1) is 0 Å². The van der Waals surface area contributed by atoms with Crippen LogP contribution in [-0.4, -0.2) is 9.97 Å². The molecule has 4 saturated carbocycles. The van der Waals surface area contributed by atoms with E-state index in [1.807, 2.05) is 0 Å². The lowest BCUT2D eigenvalue weighted by molar-refractivity contribution is 0.331. The molecule has 5 heterocycles. The van der Waals surface area contributed by atoms with Crippen LogP contribution in [0.3, 0.4) is 0 Å². The average Bonchev–Trinajstić information content (AvgIpc) is 3.93. The molecule has 1 aliphatic heterocycles. The molecule has 8 bridgehead atoms. The van der Waals surface area contributed by atoms with E-state index in [1.54, 1.807) is 19.5 Å². The highest BCUT2D eigenvalue weighted by Crippen LogP contribution is 2.56. The SMILES string of the molecule is c1cc2[nH]c1C1(CCCCC1)c1ccc(s1)C1(CCCCC1)c1ccc([nH]1)C1(CCCCC1)c1ccc(s1)C21CCCCC1. The summed E-state index contributed by atoms with van der Waals surface area (Å²) in [5.41, 5.74) is 6.59. The minimum absolute atomic E-state index is 0.135. The van der Waals surface area contributed by atoms with Gasteiger partial charge in [-0.05, 0) is 99.9 Å². The van der Waals surface area contributed by atoms with E-state index in [-0.39, 0.29) is 21.7 Å². The zero-order chi connectivity index (χ0) is 29.2. The third kappa shape index (κ3) is 4.08. The largest absolute Gasteiger partial charge is 0.361 e. The van der Waals surface area contributed by atoms with E-state index in [0.717, 1.165) is 0 Å². The molecule has 0 amide bonds. The van der Waals surface area contributed by atoms with E-state index in [9.17, 15) is 0 Å². The van der Waals surface area contributed by atoms with E-state index >= 15 is 0 Å². The van der Waals surface area contributed by atoms with Gasteiger partial charge in [-0.2, -0.15) is 0 Å². The monoisotopic (exact) mass is 622 g/mol. The molecule has 9 rings (SSSR count). The van der Waals surface area contributed by atoms with Gasteiger partial charge < -0.3 is 9.97 Å². The second-order valence-electron chi connectivity index (χ2n) is 15.5. The van der Waals surface area contributed by atoms with Crippen molar-refractivity contribution in [3.63, 3.8) is 0 Å². The van der Waals surface area contributed by atoms with Crippen molar-refractivity contribution in [2.45, 2.75) is 150 Å².